The normalized spacial score (nSPS) is 14.7. The number of hydrogen-bond donors (Lipinski definition) is 1. The highest BCUT2D eigenvalue weighted by atomic mass is 16.7. The van der Waals surface area contributed by atoms with Crippen LogP contribution in [0.3, 0.4) is 0 Å². The summed E-state index contributed by atoms with van der Waals surface area (Å²) in [6.45, 7) is 1.29. The minimum Gasteiger partial charge on any atom is -0.492 e. The van der Waals surface area contributed by atoms with Crippen molar-refractivity contribution in [1.82, 2.24) is 0 Å². The van der Waals surface area contributed by atoms with Crippen LogP contribution in [0.4, 0.5) is 0 Å². The summed E-state index contributed by atoms with van der Waals surface area (Å²) in [5, 5.41) is 23.1. The topological polar surface area (TPSA) is 113 Å². The van der Waals surface area contributed by atoms with E-state index >= 15 is 0 Å². The lowest BCUT2D eigenvalue weighted by atomic mass is 10.0. The maximum Gasteiger partial charge on any atom is 0.255 e. The molecule has 2 rings (SSSR count). The standard InChI is InChI=1S/C12H14N2O7/c1-6(14(16)17)9(13-15)7-4-8-11(21-5-20-8)12(19-3)10(7)18-2/h4,6,15H,5H2,1-3H3/b13-9+/t6-/m0/s1. The van der Waals surface area contributed by atoms with E-state index in [4.69, 9.17) is 24.2 Å². The summed E-state index contributed by atoms with van der Waals surface area (Å²) in [5.41, 5.74) is 0.0266. The first-order chi connectivity index (χ1) is 10.0. The fourth-order valence-corrected chi connectivity index (χ4v) is 2.04. The number of fused-ring (bicyclic) bond motifs is 1. The van der Waals surface area contributed by atoms with Crippen LogP contribution in [0.15, 0.2) is 11.2 Å². The van der Waals surface area contributed by atoms with E-state index in [1.54, 1.807) is 0 Å². The van der Waals surface area contributed by atoms with Gasteiger partial charge in [0.25, 0.3) is 6.04 Å². The molecule has 0 aliphatic carbocycles. The third kappa shape index (κ3) is 2.37. The van der Waals surface area contributed by atoms with E-state index in [1.165, 1.54) is 27.2 Å². The van der Waals surface area contributed by atoms with Gasteiger partial charge in [0.1, 0.15) is 0 Å². The van der Waals surface area contributed by atoms with E-state index < -0.39 is 11.0 Å². The van der Waals surface area contributed by atoms with Crippen LogP contribution in [0, 0.1) is 10.1 Å². The van der Waals surface area contributed by atoms with Crippen LogP contribution in [0.1, 0.15) is 12.5 Å². The Kier molecular flexibility index (Phi) is 4.01. The summed E-state index contributed by atoms with van der Waals surface area (Å²) in [7, 11) is 2.77. The van der Waals surface area contributed by atoms with Gasteiger partial charge in [0.05, 0.1) is 19.8 Å². The van der Waals surface area contributed by atoms with Crippen LogP contribution in [0.5, 0.6) is 23.0 Å². The predicted molar refractivity (Wildman–Crippen MR) is 70.4 cm³/mol. The zero-order valence-corrected chi connectivity index (χ0v) is 11.7. The van der Waals surface area contributed by atoms with Crippen molar-refractivity contribution in [1.29, 1.82) is 0 Å². The molecule has 0 unspecified atom stereocenters. The first-order valence-corrected chi connectivity index (χ1v) is 5.95. The van der Waals surface area contributed by atoms with Gasteiger partial charge in [0.15, 0.2) is 17.2 Å². The maximum absolute atomic E-state index is 10.9. The fourth-order valence-electron chi connectivity index (χ4n) is 2.04. The van der Waals surface area contributed by atoms with Crippen molar-refractivity contribution in [3.8, 4) is 23.0 Å². The second-order valence-corrected chi connectivity index (χ2v) is 4.17. The number of ether oxygens (including phenoxy) is 4. The fraction of sp³-hybridized carbons (Fsp3) is 0.417. The van der Waals surface area contributed by atoms with Gasteiger partial charge >= 0.3 is 0 Å². The highest BCUT2D eigenvalue weighted by Gasteiger charge is 2.33. The zero-order valence-electron chi connectivity index (χ0n) is 11.7. The van der Waals surface area contributed by atoms with Crippen molar-refractivity contribution >= 4 is 5.71 Å². The summed E-state index contributed by atoms with van der Waals surface area (Å²) in [6.07, 6.45) is 0. The number of oxime groups is 1. The van der Waals surface area contributed by atoms with Gasteiger partial charge in [-0.25, -0.2) is 0 Å². The summed E-state index contributed by atoms with van der Waals surface area (Å²) in [4.78, 5) is 10.4. The highest BCUT2D eigenvalue weighted by molar-refractivity contribution is 6.06. The van der Waals surface area contributed by atoms with E-state index in [9.17, 15) is 10.1 Å². The Morgan fingerprint density at radius 1 is 1.43 bits per heavy atom. The molecule has 0 aromatic heterocycles. The number of rotatable bonds is 5. The SMILES string of the molecule is COc1c(/C(=N/O)[C@H](C)[N+](=O)[O-])cc2c(c1OC)OCO2. The lowest BCUT2D eigenvalue weighted by molar-refractivity contribution is -0.498. The number of hydrogen-bond acceptors (Lipinski definition) is 8. The molecule has 0 fully saturated rings. The molecule has 1 aliphatic heterocycles. The second kappa shape index (κ2) is 5.73. The molecular weight excluding hydrogens is 284 g/mol. The molecule has 0 spiro atoms. The number of benzene rings is 1. The van der Waals surface area contributed by atoms with Crippen molar-refractivity contribution in [3.05, 3.63) is 21.7 Å². The molecular formula is C12H14N2O7. The van der Waals surface area contributed by atoms with E-state index in [0.29, 0.717) is 11.5 Å². The molecule has 1 N–H and O–H groups in total. The molecule has 9 heteroatoms. The Morgan fingerprint density at radius 2 is 2.10 bits per heavy atom. The lowest BCUT2D eigenvalue weighted by Crippen LogP contribution is -2.27. The first-order valence-electron chi connectivity index (χ1n) is 5.95. The summed E-state index contributed by atoms with van der Waals surface area (Å²) < 4.78 is 21.0. The molecule has 0 saturated heterocycles. The van der Waals surface area contributed by atoms with E-state index in [0.717, 1.165) is 0 Å². The van der Waals surface area contributed by atoms with Gasteiger partial charge in [-0.1, -0.05) is 5.16 Å². The van der Waals surface area contributed by atoms with Crippen LogP contribution < -0.4 is 18.9 Å². The number of nitro groups is 1. The van der Waals surface area contributed by atoms with Crippen molar-refractivity contribution in [2.24, 2.45) is 5.16 Å². The Hall–Kier alpha value is -2.71. The molecule has 0 saturated carbocycles. The van der Waals surface area contributed by atoms with E-state index in [-0.39, 0.29) is 29.6 Å². The Balaban J connectivity index is 2.65. The molecule has 21 heavy (non-hydrogen) atoms. The Morgan fingerprint density at radius 3 is 2.62 bits per heavy atom. The smallest absolute Gasteiger partial charge is 0.255 e. The molecule has 0 bridgehead atoms. The zero-order chi connectivity index (χ0) is 15.6. The molecule has 1 aromatic rings. The predicted octanol–water partition coefficient (Wildman–Crippen LogP) is 1.28. The van der Waals surface area contributed by atoms with Gasteiger partial charge in [-0.2, -0.15) is 0 Å². The van der Waals surface area contributed by atoms with Gasteiger partial charge in [0, 0.05) is 11.8 Å². The molecule has 0 radical (unpaired) electrons. The summed E-state index contributed by atoms with van der Waals surface area (Å²) in [6, 6.07) is 0.215. The van der Waals surface area contributed by atoms with Gasteiger partial charge in [-0.05, 0) is 6.07 Å². The minimum absolute atomic E-state index is 0.00527. The molecule has 9 nitrogen and oxygen atoms in total. The van der Waals surface area contributed by atoms with Crippen LogP contribution in [-0.2, 0) is 0 Å². The van der Waals surface area contributed by atoms with Crippen LogP contribution in [-0.4, -0.2) is 42.9 Å². The molecule has 114 valence electrons. The minimum atomic E-state index is -1.24. The van der Waals surface area contributed by atoms with Gasteiger partial charge < -0.3 is 24.2 Å². The Bertz CT molecular complexity index is 600. The van der Waals surface area contributed by atoms with Crippen LogP contribution >= 0.6 is 0 Å². The lowest BCUT2D eigenvalue weighted by Gasteiger charge is -2.15. The average Bonchev–Trinajstić information content (AvgIpc) is 2.94. The third-order valence-corrected chi connectivity index (χ3v) is 3.08. The maximum atomic E-state index is 10.9. The summed E-state index contributed by atoms with van der Waals surface area (Å²) >= 11 is 0. The van der Waals surface area contributed by atoms with Crippen molar-refractivity contribution in [2.45, 2.75) is 13.0 Å². The number of nitrogens with zero attached hydrogens (tertiary/aromatic N) is 2. The molecule has 1 heterocycles. The largest absolute Gasteiger partial charge is 0.492 e. The molecule has 0 amide bonds. The molecule has 1 atom stereocenters. The monoisotopic (exact) mass is 298 g/mol. The van der Waals surface area contributed by atoms with Crippen molar-refractivity contribution in [3.63, 3.8) is 0 Å². The van der Waals surface area contributed by atoms with Gasteiger partial charge in [-0.3, -0.25) is 10.1 Å². The average molecular weight is 298 g/mol. The van der Waals surface area contributed by atoms with E-state index in [2.05, 4.69) is 5.16 Å². The van der Waals surface area contributed by atoms with Gasteiger partial charge in [-0.15, -0.1) is 0 Å². The summed E-state index contributed by atoms with van der Waals surface area (Å²) in [5.74, 6) is 1.06. The number of methoxy groups -OCH3 is 2. The van der Waals surface area contributed by atoms with Crippen LogP contribution in [0.2, 0.25) is 0 Å². The second-order valence-electron chi connectivity index (χ2n) is 4.17. The Labute approximate surface area is 119 Å². The molecule has 1 aromatic carbocycles. The first kappa shape index (κ1) is 14.7. The van der Waals surface area contributed by atoms with Gasteiger partial charge in [0.2, 0.25) is 18.3 Å². The third-order valence-electron chi connectivity index (χ3n) is 3.08. The van der Waals surface area contributed by atoms with Crippen LogP contribution in [0.25, 0.3) is 0 Å². The van der Waals surface area contributed by atoms with Crippen molar-refractivity contribution < 1.29 is 29.1 Å². The molecule has 1 aliphatic rings. The van der Waals surface area contributed by atoms with E-state index in [1.807, 2.05) is 0 Å². The quantitative estimate of drug-likeness (QED) is 0.377. The van der Waals surface area contributed by atoms with Crippen molar-refractivity contribution in [2.75, 3.05) is 21.0 Å². The highest BCUT2D eigenvalue weighted by Crippen LogP contribution is 2.49.